The summed E-state index contributed by atoms with van der Waals surface area (Å²) in [5.74, 6) is 0.986. The topological polar surface area (TPSA) is 29.5 Å². The molecule has 0 N–H and O–H groups in total. The van der Waals surface area contributed by atoms with Gasteiger partial charge in [-0.05, 0) is 48.3 Å². The Morgan fingerprint density at radius 3 is 2.52 bits per heavy atom. The lowest BCUT2D eigenvalue weighted by atomic mass is 9.65. The summed E-state index contributed by atoms with van der Waals surface area (Å²) in [5.41, 5.74) is 2.29. The number of carbonyl (C=O) groups is 1. The van der Waals surface area contributed by atoms with Crippen molar-refractivity contribution in [3.05, 3.63) is 65.7 Å². The van der Waals surface area contributed by atoms with Gasteiger partial charge in [0.05, 0.1) is 0 Å². The Labute approximate surface area is 162 Å². The fourth-order valence-electron chi connectivity index (χ4n) is 5.38. The first-order chi connectivity index (χ1) is 12.9. The molecule has 3 heteroatoms. The maximum Gasteiger partial charge on any atom is 0.254 e. The number of rotatable bonds is 4. The minimum atomic E-state index is 0.161. The average molecular weight is 364 g/mol. The van der Waals surface area contributed by atoms with E-state index >= 15 is 0 Å². The number of carbonyl (C=O) groups excluding carboxylic acids is 1. The van der Waals surface area contributed by atoms with Crippen LogP contribution in [-0.2, 0) is 6.61 Å². The maximum absolute atomic E-state index is 13.4. The van der Waals surface area contributed by atoms with E-state index in [9.17, 15) is 4.79 Å². The summed E-state index contributed by atoms with van der Waals surface area (Å²) < 4.78 is 5.91. The summed E-state index contributed by atoms with van der Waals surface area (Å²) >= 11 is 0. The molecule has 2 fully saturated rings. The van der Waals surface area contributed by atoms with E-state index in [0.717, 1.165) is 36.3 Å². The molecular weight excluding hydrogens is 334 g/mol. The molecule has 2 atom stereocenters. The molecule has 4 rings (SSSR count). The van der Waals surface area contributed by atoms with Gasteiger partial charge in [0.15, 0.2) is 0 Å². The summed E-state index contributed by atoms with van der Waals surface area (Å²) in [6.07, 6.45) is 3.42. The third kappa shape index (κ3) is 3.73. The zero-order valence-electron chi connectivity index (χ0n) is 16.6. The molecule has 1 aliphatic carbocycles. The molecule has 1 aliphatic heterocycles. The molecule has 1 saturated heterocycles. The van der Waals surface area contributed by atoms with Crippen LogP contribution >= 0.6 is 0 Å². The van der Waals surface area contributed by atoms with Crippen LogP contribution in [0.5, 0.6) is 5.75 Å². The van der Waals surface area contributed by atoms with Crippen LogP contribution in [0.25, 0.3) is 0 Å². The SMILES string of the molecule is CC1(C)CC2CC(C)(CN2C(=O)c2ccccc2COc2ccccc2)C1. The van der Waals surface area contributed by atoms with Gasteiger partial charge in [-0.2, -0.15) is 0 Å². The number of hydrogen-bond acceptors (Lipinski definition) is 2. The van der Waals surface area contributed by atoms with Crippen molar-refractivity contribution in [1.29, 1.82) is 0 Å². The summed E-state index contributed by atoms with van der Waals surface area (Å²) in [4.78, 5) is 15.6. The number of para-hydroxylation sites is 1. The van der Waals surface area contributed by atoms with Crippen molar-refractivity contribution in [3.8, 4) is 5.75 Å². The second-order valence-electron chi connectivity index (χ2n) is 9.41. The molecule has 1 amide bonds. The van der Waals surface area contributed by atoms with Gasteiger partial charge in [-0.25, -0.2) is 0 Å². The normalized spacial score (nSPS) is 26.0. The summed E-state index contributed by atoms with van der Waals surface area (Å²) in [7, 11) is 0. The first kappa shape index (κ1) is 18.1. The lowest BCUT2D eigenvalue weighted by Gasteiger charge is -2.39. The van der Waals surface area contributed by atoms with Crippen LogP contribution in [0.15, 0.2) is 54.6 Å². The summed E-state index contributed by atoms with van der Waals surface area (Å²) in [5, 5.41) is 0. The fraction of sp³-hybridized carbons (Fsp3) is 0.458. The van der Waals surface area contributed by atoms with Crippen molar-refractivity contribution in [3.63, 3.8) is 0 Å². The van der Waals surface area contributed by atoms with Gasteiger partial charge in [0.25, 0.3) is 5.91 Å². The zero-order valence-corrected chi connectivity index (χ0v) is 16.6. The van der Waals surface area contributed by atoms with Gasteiger partial charge in [-0.15, -0.1) is 0 Å². The van der Waals surface area contributed by atoms with E-state index in [1.54, 1.807) is 0 Å². The van der Waals surface area contributed by atoms with Crippen molar-refractivity contribution in [2.24, 2.45) is 10.8 Å². The van der Waals surface area contributed by atoms with E-state index < -0.39 is 0 Å². The number of amides is 1. The number of fused-ring (bicyclic) bond motifs is 2. The zero-order chi connectivity index (χ0) is 19.1. The molecule has 2 unspecified atom stereocenters. The number of benzene rings is 2. The number of nitrogens with zero attached hydrogens (tertiary/aromatic N) is 1. The average Bonchev–Trinajstić information content (AvgIpc) is 2.89. The molecular formula is C24H29NO2. The molecule has 2 aromatic carbocycles. The highest BCUT2D eigenvalue weighted by Crippen LogP contribution is 2.52. The molecule has 1 heterocycles. The largest absolute Gasteiger partial charge is 0.489 e. The first-order valence-corrected chi connectivity index (χ1v) is 9.92. The number of hydrogen-bond donors (Lipinski definition) is 0. The summed E-state index contributed by atoms with van der Waals surface area (Å²) in [6.45, 7) is 8.31. The van der Waals surface area contributed by atoms with Gasteiger partial charge in [0.2, 0.25) is 0 Å². The molecule has 27 heavy (non-hydrogen) atoms. The highest BCUT2D eigenvalue weighted by Gasteiger charge is 2.51. The van der Waals surface area contributed by atoms with E-state index in [0.29, 0.717) is 18.1 Å². The lowest BCUT2D eigenvalue weighted by molar-refractivity contribution is 0.0705. The second kappa shape index (κ2) is 6.70. The molecule has 1 saturated carbocycles. The molecule has 3 nitrogen and oxygen atoms in total. The van der Waals surface area contributed by atoms with Gasteiger partial charge in [0.1, 0.15) is 12.4 Å². The predicted molar refractivity (Wildman–Crippen MR) is 108 cm³/mol. The minimum Gasteiger partial charge on any atom is -0.489 e. The Balaban J connectivity index is 1.54. The van der Waals surface area contributed by atoms with Crippen molar-refractivity contribution in [2.45, 2.75) is 52.7 Å². The Morgan fingerprint density at radius 1 is 1.04 bits per heavy atom. The van der Waals surface area contributed by atoms with Gasteiger partial charge in [-0.1, -0.05) is 57.2 Å². The Morgan fingerprint density at radius 2 is 1.74 bits per heavy atom. The molecule has 0 radical (unpaired) electrons. The van der Waals surface area contributed by atoms with Crippen LogP contribution in [0, 0.1) is 10.8 Å². The van der Waals surface area contributed by atoms with Gasteiger partial charge >= 0.3 is 0 Å². The standard InChI is InChI=1S/C24H29NO2/c1-23(2)13-19-14-24(3,16-23)17-25(19)22(26)21-12-8-7-9-18(21)15-27-20-10-5-4-6-11-20/h4-12,19H,13-17H2,1-3H3. The van der Waals surface area contributed by atoms with Crippen LogP contribution in [0.3, 0.4) is 0 Å². The van der Waals surface area contributed by atoms with Crippen molar-refractivity contribution in [1.82, 2.24) is 4.90 Å². The number of ether oxygens (including phenoxy) is 1. The van der Waals surface area contributed by atoms with E-state index in [1.165, 1.54) is 6.42 Å². The third-order valence-corrected chi connectivity index (χ3v) is 6.06. The molecule has 142 valence electrons. The van der Waals surface area contributed by atoms with Gasteiger partial charge in [0, 0.05) is 23.7 Å². The molecule has 2 aliphatic rings. The third-order valence-electron chi connectivity index (χ3n) is 6.06. The quantitative estimate of drug-likeness (QED) is 0.737. The monoisotopic (exact) mass is 363 g/mol. The van der Waals surface area contributed by atoms with Crippen molar-refractivity contribution >= 4 is 5.91 Å². The highest BCUT2D eigenvalue weighted by molar-refractivity contribution is 5.96. The van der Waals surface area contributed by atoms with E-state index in [-0.39, 0.29) is 11.3 Å². The van der Waals surface area contributed by atoms with E-state index in [2.05, 4.69) is 25.7 Å². The molecule has 0 spiro atoms. The van der Waals surface area contributed by atoms with Crippen molar-refractivity contribution in [2.75, 3.05) is 6.54 Å². The minimum absolute atomic E-state index is 0.161. The molecule has 2 aromatic rings. The lowest BCUT2D eigenvalue weighted by Crippen LogP contribution is -2.38. The first-order valence-electron chi connectivity index (χ1n) is 9.92. The van der Waals surface area contributed by atoms with Gasteiger partial charge in [-0.3, -0.25) is 4.79 Å². The summed E-state index contributed by atoms with van der Waals surface area (Å²) in [6, 6.07) is 18.0. The van der Waals surface area contributed by atoms with Crippen LogP contribution in [0.4, 0.5) is 0 Å². The predicted octanol–water partition coefficient (Wildman–Crippen LogP) is 5.31. The van der Waals surface area contributed by atoms with Crippen LogP contribution in [0.1, 0.15) is 56.0 Å². The van der Waals surface area contributed by atoms with E-state index in [4.69, 9.17) is 4.74 Å². The van der Waals surface area contributed by atoms with Crippen LogP contribution in [-0.4, -0.2) is 23.4 Å². The fourth-order valence-corrected chi connectivity index (χ4v) is 5.38. The van der Waals surface area contributed by atoms with Gasteiger partial charge < -0.3 is 9.64 Å². The van der Waals surface area contributed by atoms with E-state index in [1.807, 2.05) is 54.6 Å². The smallest absolute Gasteiger partial charge is 0.254 e. The van der Waals surface area contributed by atoms with Crippen LogP contribution < -0.4 is 4.74 Å². The second-order valence-corrected chi connectivity index (χ2v) is 9.41. The Bertz CT molecular complexity index is 829. The molecule has 0 aromatic heterocycles. The maximum atomic E-state index is 13.4. The Kier molecular flexibility index (Phi) is 4.49. The molecule has 2 bridgehead atoms. The Hall–Kier alpha value is -2.29. The highest BCUT2D eigenvalue weighted by atomic mass is 16.5. The number of likely N-dealkylation sites (tertiary alicyclic amines) is 1. The van der Waals surface area contributed by atoms with Crippen molar-refractivity contribution < 1.29 is 9.53 Å². The van der Waals surface area contributed by atoms with Crippen LogP contribution in [0.2, 0.25) is 0 Å².